The van der Waals surface area contributed by atoms with Crippen molar-refractivity contribution in [2.75, 3.05) is 53.0 Å². The van der Waals surface area contributed by atoms with Gasteiger partial charge < -0.3 is 14.4 Å². The van der Waals surface area contributed by atoms with Crippen molar-refractivity contribution in [2.45, 2.75) is 18.6 Å². The number of halogens is 3. The Labute approximate surface area is 245 Å². The van der Waals surface area contributed by atoms with E-state index in [2.05, 4.69) is 4.90 Å². The molecule has 3 heterocycles. The minimum absolute atomic E-state index is 0.0725. The van der Waals surface area contributed by atoms with E-state index in [0.29, 0.717) is 45.0 Å². The van der Waals surface area contributed by atoms with Crippen molar-refractivity contribution in [1.82, 2.24) is 14.8 Å². The van der Waals surface area contributed by atoms with Gasteiger partial charge in [-0.3, -0.25) is 14.5 Å². The van der Waals surface area contributed by atoms with Gasteiger partial charge in [0.2, 0.25) is 0 Å². The maximum atomic E-state index is 13.9. The largest absolute Gasteiger partial charge is 0.496 e. The molecule has 2 amide bonds. The first-order valence-corrected chi connectivity index (χ1v) is 14.5. The summed E-state index contributed by atoms with van der Waals surface area (Å²) in [5.74, 6) is -0.312. The lowest BCUT2D eigenvalue weighted by atomic mass is 10.00. The van der Waals surface area contributed by atoms with E-state index >= 15 is 0 Å². The van der Waals surface area contributed by atoms with E-state index in [0.717, 1.165) is 40.4 Å². The molecule has 1 atom stereocenters. The molecule has 1 aromatic heterocycles. The summed E-state index contributed by atoms with van der Waals surface area (Å²) < 4.78 is 50.4. The number of morpholine rings is 1. The highest BCUT2D eigenvalue weighted by atomic mass is 32.1. The van der Waals surface area contributed by atoms with Gasteiger partial charge in [-0.1, -0.05) is 24.3 Å². The van der Waals surface area contributed by atoms with Gasteiger partial charge in [0.25, 0.3) is 11.8 Å². The summed E-state index contributed by atoms with van der Waals surface area (Å²) in [6, 6.07) is 14.9. The van der Waals surface area contributed by atoms with Crippen molar-refractivity contribution in [3.05, 3.63) is 87.6 Å². The molecule has 0 spiro atoms. The molecule has 222 valence electrons. The number of ether oxygens (including phenoxy) is 2. The Kier molecular flexibility index (Phi) is 9.24. The molecule has 0 N–H and O–H groups in total. The minimum atomic E-state index is -4.52. The molecule has 1 unspecified atom stereocenters. The predicted octanol–water partition coefficient (Wildman–Crippen LogP) is 4.93. The third-order valence-corrected chi connectivity index (χ3v) is 8.25. The van der Waals surface area contributed by atoms with Crippen LogP contribution in [0.2, 0.25) is 0 Å². The fourth-order valence-electron chi connectivity index (χ4n) is 5.08. The summed E-state index contributed by atoms with van der Waals surface area (Å²) in [7, 11) is 1.57. The fourth-order valence-corrected chi connectivity index (χ4v) is 5.80. The topological polar surface area (TPSA) is 74.7 Å². The smallest absolute Gasteiger partial charge is 0.416 e. The minimum Gasteiger partial charge on any atom is -0.496 e. The van der Waals surface area contributed by atoms with Gasteiger partial charge in [0.05, 0.1) is 42.5 Å². The van der Waals surface area contributed by atoms with Crippen LogP contribution in [0.3, 0.4) is 0 Å². The number of hydrogen-bond donors (Lipinski definition) is 0. The Hall–Kier alpha value is -3.74. The molecule has 2 aromatic carbocycles. The average Bonchev–Trinajstić information content (AvgIpc) is 3.70. The Morgan fingerprint density at radius 3 is 2.48 bits per heavy atom. The lowest BCUT2D eigenvalue weighted by molar-refractivity contribution is -0.137. The SMILES string of the molecule is COc1ccccc1C1CC(c2cccs2)=NN1C(=O)CN(CCN1CCOCC1)C(=O)c1ccc(C(F)(F)F)cc1. The van der Waals surface area contributed by atoms with Crippen molar-refractivity contribution in [2.24, 2.45) is 5.10 Å². The highest BCUT2D eigenvalue weighted by Crippen LogP contribution is 2.38. The molecule has 1 saturated heterocycles. The van der Waals surface area contributed by atoms with Gasteiger partial charge in [0.15, 0.2) is 0 Å². The molecule has 12 heteroatoms. The van der Waals surface area contributed by atoms with E-state index in [4.69, 9.17) is 14.6 Å². The molecule has 3 aromatic rings. The van der Waals surface area contributed by atoms with Crippen LogP contribution in [0.4, 0.5) is 13.2 Å². The van der Waals surface area contributed by atoms with Gasteiger partial charge in [-0.15, -0.1) is 11.3 Å². The molecule has 0 radical (unpaired) electrons. The van der Waals surface area contributed by atoms with Crippen molar-refractivity contribution < 1.29 is 32.2 Å². The predicted molar refractivity (Wildman–Crippen MR) is 153 cm³/mol. The molecule has 5 rings (SSSR count). The van der Waals surface area contributed by atoms with Crippen LogP contribution in [-0.4, -0.2) is 85.4 Å². The van der Waals surface area contributed by atoms with Crippen LogP contribution >= 0.6 is 11.3 Å². The second kappa shape index (κ2) is 13.1. The number of rotatable bonds is 9. The van der Waals surface area contributed by atoms with Crippen LogP contribution in [0.25, 0.3) is 0 Å². The number of benzene rings is 2. The number of alkyl halides is 3. The van der Waals surface area contributed by atoms with Crippen LogP contribution in [-0.2, 0) is 15.7 Å². The highest BCUT2D eigenvalue weighted by molar-refractivity contribution is 7.12. The number of carbonyl (C=O) groups is 2. The van der Waals surface area contributed by atoms with Crippen molar-refractivity contribution in [3.63, 3.8) is 0 Å². The maximum Gasteiger partial charge on any atom is 0.416 e. The van der Waals surface area contributed by atoms with Crippen molar-refractivity contribution in [3.8, 4) is 5.75 Å². The molecule has 2 aliphatic heterocycles. The lowest BCUT2D eigenvalue weighted by Gasteiger charge is -2.31. The van der Waals surface area contributed by atoms with Crippen LogP contribution in [0.1, 0.15) is 38.8 Å². The summed E-state index contributed by atoms with van der Waals surface area (Å²) in [5, 5.41) is 8.06. The van der Waals surface area contributed by atoms with Gasteiger partial charge >= 0.3 is 6.18 Å². The first-order valence-electron chi connectivity index (χ1n) is 13.6. The van der Waals surface area contributed by atoms with Gasteiger partial charge in [-0.25, -0.2) is 5.01 Å². The Balaban J connectivity index is 1.41. The van der Waals surface area contributed by atoms with Gasteiger partial charge in [-0.05, 0) is 41.8 Å². The fraction of sp³-hybridized carbons (Fsp3) is 0.367. The molecule has 42 heavy (non-hydrogen) atoms. The standard InChI is InChI=1S/C30H31F3N4O4S/c1-40-26-6-3-2-5-23(26)25-19-24(27-7-4-18-42-27)34-37(25)28(38)20-36(13-12-35-14-16-41-17-15-35)29(39)21-8-10-22(11-9-21)30(31,32)33/h2-11,18,25H,12-17,19-20H2,1H3. The average molecular weight is 601 g/mol. The van der Waals surface area contributed by atoms with E-state index in [1.807, 2.05) is 41.8 Å². The van der Waals surface area contributed by atoms with Crippen molar-refractivity contribution >= 4 is 28.9 Å². The number of nitrogens with zero attached hydrogens (tertiary/aromatic N) is 4. The Morgan fingerprint density at radius 2 is 1.81 bits per heavy atom. The number of para-hydroxylation sites is 1. The van der Waals surface area contributed by atoms with Gasteiger partial charge in [0, 0.05) is 43.7 Å². The number of carbonyl (C=O) groups excluding carboxylic acids is 2. The first kappa shape index (κ1) is 29.7. The second-order valence-electron chi connectivity index (χ2n) is 9.98. The zero-order chi connectivity index (χ0) is 29.7. The maximum absolute atomic E-state index is 13.9. The summed E-state index contributed by atoms with van der Waals surface area (Å²) >= 11 is 1.52. The Bertz CT molecular complexity index is 1410. The molecular weight excluding hydrogens is 569 g/mol. The monoisotopic (exact) mass is 600 g/mol. The number of thiophene rings is 1. The van der Waals surface area contributed by atoms with E-state index < -0.39 is 29.6 Å². The lowest BCUT2D eigenvalue weighted by Crippen LogP contribution is -2.46. The molecule has 1 fully saturated rings. The third kappa shape index (κ3) is 6.83. The van der Waals surface area contributed by atoms with E-state index in [1.165, 1.54) is 21.2 Å². The van der Waals surface area contributed by atoms with Crippen molar-refractivity contribution in [1.29, 1.82) is 0 Å². The van der Waals surface area contributed by atoms with Crippen LogP contribution in [0, 0.1) is 0 Å². The number of amides is 2. The number of hydrazone groups is 1. The third-order valence-electron chi connectivity index (χ3n) is 7.33. The number of hydrogen-bond acceptors (Lipinski definition) is 7. The summed E-state index contributed by atoms with van der Waals surface area (Å²) in [4.78, 5) is 32.0. The number of methoxy groups -OCH3 is 1. The summed E-state index contributed by atoms with van der Waals surface area (Å²) in [6.45, 7) is 2.92. The van der Waals surface area contributed by atoms with E-state index in [9.17, 15) is 22.8 Å². The quantitative estimate of drug-likeness (QED) is 0.349. The zero-order valence-corrected chi connectivity index (χ0v) is 23.9. The van der Waals surface area contributed by atoms with Gasteiger partial charge in [0.1, 0.15) is 12.3 Å². The van der Waals surface area contributed by atoms with E-state index in [1.54, 1.807) is 7.11 Å². The molecule has 2 aliphatic rings. The molecule has 0 saturated carbocycles. The van der Waals surface area contributed by atoms with Crippen LogP contribution in [0.15, 0.2) is 71.1 Å². The zero-order valence-electron chi connectivity index (χ0n) is 23.0. The second-order valence-corrected chi connectivity index (χ2v) is 10.9. The summed E-state index contributed by atoms with van der Waals surface area (Å²) in [6.07, 6.45) is -4.05. The highest BCUT2D eigenvalue weighted by Gasteiger charge is 2.36. The van der Waals surface area contributed by atoms with Crippen LogP contribution < -0.4 is 4.74 Å². The molecule has 8 nitrogen and oxygen atoms in total. The van der Waals surface area contributed by atoms with Crippen LogP contribution in [0.5, 0.6) is 5.75 Å². The normalized spacial score (nSPS) is 17.7. The summed E-state index contributed by atoms with van der Waals surface area (Å²) in [5.41, 5.74) is 0.770. The molecule has 0 aliphatic carbocycles. The Morgan fingerprint density at radius 1 is 1.07 bits per heavy atom. The molecular formula is C30H31F3N4O4S. The molecule has 0 bridgehead atoms. The van der Waals surface area contributed by atoms with Gasteiger partial charge in [-0.2, -0.15) is 18.3 Å². The first-order chi connectivity index (χ1) is 20.2. The van der Waals surface area contributed by atoms with E-state index in [-0.39, 0.29) is 18.7 Å².